The van der Waals surface area contributed by atoms with Crippen LogP contribution in [0.3, 0.4) is 0 Å². The molecule has 0 unspecified atom stereocenters. The van der Waals surface area contributed by atoms with E-state index in [0.717, 1.165) is 0 Å². The summed E-state index contributed by atoms with van der Waals surface area (Å²) in [6, 6.07) is 36.5. The molecular formula is C23H24Si. The Balaban J connectivity index is 2.25. The van der Waals surface area contributed by atoms with E-state index >= 15 is 0 Å². The zero-order valence-electron chi connectivity index (χ0n) is 14.7. The predicted molar refractivity (Wildman–Crippen MR) is 106 cm³/mol. The third-order valence-corrected chi connectivity index (χ3v) is 9.96. The Morgan fingerprint density at radius 3 is 1.33 bits per heavy atom. The fraction of sp³-hybridized carbons (Fsp3) is 0.174. The van der Waals surface area contributed by atoms with Gasteiger partial charge in [-0.2, -0.15) is 0 Å². The molecule has 24 heavy (non-hydrogen) atoms. The molecule has 3 rings (SSSR count). The molecule has 3 aromatic rings. The van der Waals surface area contributed by atoms with Crippen molar-refractivity contribution in [3.05, 3.63) is 103 Å². The summed E-state index contributed by atoms with van der Waals surface area (Å²) in [5, 5.41) is 2.92. The van der Waals surface area contributed by atoms with Crippen LogP contribution in [-0.2, 0) is 0 Å². The lowest BCUT2D eigenvalue weighted by Gasteiger charge is -2.44. The number of hydrogen-bond acceptors (Lipinski definition) is 0. The van der Waals surface area contributed by atoms with E-state index < -0.39 is 8.07 Å². The van der Waals surface area contributed by atoms with Gasteiger partial charge in [-0.05, 0) is 10.6 Å². The van der Waals surface area contributed by atoms with Crippen molar-refractivity contribution in [1.29, 1.82) is 0 Å². The van der Waals surface area contributed by atoms with Gasteiger partial charge in [-0.15, -0.1) is 0 Å². The average Bonchev–Trinajstić information content (AvgIpc) is 2.61. The van der Waals surface area contributed by atoms with Crippen molar-refractivity contribution in [2.24, 2.45) is 0 Å². The quantitative estimate of drug-likeness (QED) is 0.608. The van der Waals surface area contributed by atoms with Gasteiger partial charge in [-0.25, -0.2) is 0 Å². The lowest BCUT2D eigenvalue weighted by atomic mass is 10.2. The van der Waals surface area contributed by atoms with Crippen LogP contribution >= 0.6 is 0 Å². The Kier molecular flexibility index (Phi) is 4.73. The van der Waals surface area contributed by atoms with Gasteiger partial charge in [0, 0.05) is 6.04 Å². The van der Waals surface area contributed by atoms with Gasteiger partial charge in [0.1, 0.15) is 8.07 Å². The summed E-state index contributed by atoms with van der Waals surface area (Å²) in [5.41, 5.74) is 1.19. The van der Waals surface area contributed by atoms with E-state index in [1.54, 1.807) is 0 Å². The fourth-order valence-electron chi connectivity index (χ4n) is 3.48. The molecule has 1 heteroatoms. The summed E-state index contributed by atoms with van der Waals surface area (Å²) < 4.78 is 0. The maximum Gasteiger partial charge on any atom is 0.134 e. The van der Waals surface area contributed by atoms with E-state index in [1.165, 1.54) is 15.9 Å². The second-order valence-electron chi connectivity index (χ2n) is 7.22. The SMILES string of the molecule is CC(C)(C)[Si]([C]c1ccccc1)(c1ccccc1)c1ccccc1. The minimum Gasteiger partial charge on any atom is -0.0625 e. The molecule has 0 saturated carbocycles. The summed E-state index contributed by atoms with van der Waals surface area (Å²) in [7, 11) is -2.24. The molecule has 0 atom stereocenters. The molecule has 0 aliphatic carbocycles. The van der Waals surface area contributed by atoms with Crippen LogP contribution in [0.1, 0.15) is 26.3 Å². The molecule has 0 N–H and O–H groups in total. The van der Waals surface area contributed by atoms with Gasteiger partial charge in [0.25, 0.3) is 0 Å². The van der Waals surface area contributed by atoms with E-state index in [9.17, 15) is 0 Å². The zero-order valence-corrected chi connectivity index (χ0v) is 15.7. The third kappa shape index (κ3) is 3.09. The highest BCUT2D eigenvalue weighted by molar-refractivity contribution is 7.07. The molecule has 0 nitrogen and oxygen atoms in total. The van der Waals surface area contributed by atoms with Crippen molar-refractivity contribution in [2.45, 2.75) is 25.8 Å². The molecule has 0 heterocycles. The molecule has 0 aliphatic heterocycles. The number of hydrogen-bond donors (Lipinski definition) is 0. The molecule has 0 fully saturated rings. The highest BCUT2D eigenvalue weighted by Crippen LogP contribution is 2.39. The lowest BCUT2D eigenvalue weighted by molar-refractivity contribution is 0.735. The molecule has 0 aliphatic rings. The molecule has 0 amide bonds. The number of benzene rings is 3. The first-order valence-electron chi connectivity index (χ1n) is 8.48. The fourth-order valence-corrected chi connectivity index (χ4v) is 8.19. The van der Waals surface area contributed by atoms with Crippen molar-refractivity contribution in [3.8, 4) is 0 Å². The molecule has 120 valence electrons. The second-order valence-corrected chi connectivity index (χ2v) is 11.6. The first-order valence-corrected chi connectivity index (χ1v) is 10.5. The van der Waals surface area contributed by atoms with Crippen LogP contribution in [0.2, 0.25) is 5.04 Å². The van der Waals surface area contributed by atoms with E-state index in [0.29, 0.717) is 0 Å². The molecule has 0 saturated heterocycles. The lowest BCUT2D eigenvalue weighted by Crippen LogP contribution is -2.65. The first kappa shape index (κ1) is 16.7. The van der Waals surface area contributed by atoms with E-state index in [-0.39, 0.29) is 5.04 Å². The highest BCUT2D eigenvalue weighted by Gasteiger charge is 2.47. The maximum atomic E-state index is 4.00. The standard InChI is InChI=1S/C23H24Si/c1-23(2,3)24(21-15-9-5-10-16-21,22-17-11-6-12-18-22)19-20-13-7-4-8-14-20/h4-18H,1-3H3. The largest absolute Gasteiger partial charge is 0.134 e. The van der Waals surface area contributed by atoms with Gasteiger partial charge in [0.2, 0.25) is 0 Å². The first-order chi connectivity index (χ1) is 11.5. The minimum atomic E-state index is -2.24. The molecule has 3 aromatic carbocycles. The van der Waals surface area contributed by atoms with Crippen LogP contribution in [0.4, 0.5) is 0 Å². The van der Waals surface area contributed by atoms with Crippen LogP contribution in [0, 0.1) is 6.04 Å². The van der Waals surface area contributed by atoms with Crippen molar-refractivity contribution in [2.75, 3.05) is 0 Å². The summed E-state index contributed by atoms with van der Waals surface area (Å²) in [5.74, 6) is 0. The van der Waals surface area contributed by atoms with Gasteiger partial charge in [-0.3, -0.25) is 0 Å². The van der Waals surface area contributed by atoms with Crippen LogP contribution in [0.25, 0.3) is 0 Å². The minimum absolute atomic E-state index is 0.103. The number of rotatable bonds is 4. The molecule has 0 bridgehead atoms. The van der Waals surface area contributed by atoms with Crippen molar-refractivity contribution in [1.82, 2.24) is 0 Å². The summed E-state index contributed by atoms with van der Waals surface area (Å²) in [6.07, 6.45) is 0. The van der Waals surface area contributed by atoms with Crippen LogP contribution < -0.4 is 10.4 Å². The van der Waals surface area contributed by atoms with E-state index in [1.807, 2.05) is 0 Å². The molecular weight excluding hydrogens is 304 g/mol. The van der Waals surface area contributed by atoms with Crippen molar-refractivity contribution < 1.29 is 0 Å². The van der Waals surface area contributed by atoms with Crippen molar-refractivity contribution >= 4 is 18.4 Å². The van der Waals surface area contributed by atoms with Gasteiger partial charge < -0.3 is 0 Å². The average molecular weight is 329 g/mol. The van der Waals surface area contributed by atoms with Crippen LogP contribution in [-0.4, -0.2) is 8.07 Å². The van der Waals surface area contributed by atoms with E-state index in [4.69, 9.17) is 0 Å². The van der Waals surface area contributed by atoms with Gasteiger partial charge in [0.05, 0.1) is 0 Å². The summed E-state index contributed by atoms with van der Waals surface area (Å²) in [6.45, 7) is 7.07. The summed E-state index contributed by atoms with van der Waals surface area (Å²) >= 11 is 0. The monoisotopic (exact) mass is 328 g/mol. The Morgan fingerprint density at radius 2 is 0.958 bits per heavy atom. The molecule has 2 radical (unpaired) electrons. The molecule has 0 spiro atoms. The van der Waals surface area contributed by atoms with Gasteiger partial charge in [-0.1, -0.05) is 122 Å². The Labute approximate surface area is 147 Å². The summed E-state index contributed by atoms with van der Waals surface area (Å²) in [4.78, 5) is 0. The Hall–Kier alpha value is -2.12. The highest BCUT2D eigenvalue weighted by atomic mass is 28.3. The van der Waals surface area contributed by atoms with Gasteiger partial charge >= 0.3 is 0 Å². The van der Waals surface area contributed by atoms with Crippen molar-refractivity contribution in [3.63, 3.8) is 0 Å². The Morgan fingerprint density at radius 1 is 0.583 bits per heavy atom. The van der Waals surface area contributed by atoms with E-state index in [2.05, 4.69) is 118 Å². The smallest absolute Gasteiger partial charge is 0.0625 e. The molecule has 0 aromatic heterocycles. The topological polar surface area (TPSA) is 0 Å². The van der Waals surface area contributed by atoms with Crippen LogP contribution in [0.5, 0.6) is 0 Å². The third-order valence-electron chi connectivity index (χ3n) is 4.64. The zero-order chi connectivity index (χ0) is 17.0. The maximum absolute atomic E-state index is 4.00. The normalized spacial score (nSPS) is 12.1. The van der Waals surface area contributed by atoms with Gasteiger partial charge in [0.15, 0.2) is 0 Å². The Bertz CT molecular complexity index is 716. The predicted octanol–water partition coefficient (Wildman–Crippen LogP) is 4.72. The van der Waals surface area contributed by atoms with Crippen LogP contribution in [0.15, 0.2) is 91.0 Å². The second kappa shape index (κ2) is 6.78.